The summed E-state index contributed by atoms with van der Waals surface area (Å²) in [4.78, 5) is 27.8. The van der Waals surface area contributed by atoms with Crippen LogP contribution in [0.25, 0.3) is 11.0 Å². The number of amides is 1. The van der Waals surface area contributed by atoms with Crippen molar-refractivity contribution in [1.82, 2.24) is 4.90 Å². The number of ether oxygens (including phenoxy) is 1. The summed E-state index contributed by atoms with van der Waals surface area (Å²) in [6, 6.07) is 3.93. The number of carbonyl (C=O) groups excluding carboxylic acids is 1. The number of rotatable bonds is 6. The van der Waals surface area contributed by atoms with Gasteiger partial charge < -0.3 is 19.2 Å². The fraction of sp³-hybridized carbons (Fsp3) is 0.643. The summed E-state index contributed by atoms with van der Waals surface area (Å²) in [6.07, 6.45) is 10.4. The van der Waals surface area contributed by atoms with E-state index in [-0.39, 0.29) is 30.1 Å². The van der Waals surface area contributed by atoms with Crippen LogP contribution in [0.15, 0.2) is 21.3 Å². The molecule has 2 aliphatic carbocycles. The minimum absolute atomic E-state index is 0.0244. The van der Waals surface area contributed by atoms with Crippen LogP contribution in [0.4, 0.5) is 0 Å². The fourth-order valence-electron chi connectivity index (χ4n) is 6.73. The predicted octanol–water partition coefficient (Wildman–Crippen LogP) is 4.68. The first-order valence-corrected chi connectivity index (χ1v) is 13.2. The van der Waals surface area contributed by atoms with E-state index in [1.807, 2.05) is 24.0 Å². The minimum Gasteiger partial charge on any atom is -0.483 e. The van der Waals surface area contributed by atoms with Crippen molar-refractivity contribution in [3.8, 4) is 5.75 Å². The van der Waals surface area contributed by atoms with Crippen LogP contribution in [0, 0.1) is 12.8 Å². The van der Waals surface area contributed by atoms with Crippen molar-refractivity contribution in [2.45, 2.75) is 96.1 Å². The Morgan fingerprint density at radius 2 is 2.03 bits per heavy atom. The maximum Gasteiger partial charge on any atom is 0.339 e. The van der Waals surface area contributed by atoms with Crippen LogP contribution in [0.1, 0.15) is 81.4 Å². The van der Waals surface area contributed by atoms with Gasteiger partial charge in [0.25, 0.3) is 5.91 Å². The van der Waals surface area contributed by atoms with Crippen LogP contribution in [0.2, 0.25) is 0 Å². The number of hydrogen-bond acceptors (Lipinski definition) is 5. The quantitative estimate of drug-likeness (QED) is 0.624. The van der Waals surface area contributed by atoms with E-state index in [1.165, 1.54) is 0 Å². The average molecular weight is 468 g/mol. The topological polar surface area (TPSA) is 80.0 Å². The van der Waals surface area contributed by atoms with Crippen LogP contribution >= 0.6 is 0 Å². The third-order valence-corrected chi connectivity index (χ3v) is 8.58. The largest absolute Gasteiger partial charge is 0.483 e. The molecule has 6 nitrogen and oxygen atoms in total. The molecule has 0 radical (unpaired) electrons. The lowest BCUT2D eigenvalue weighted by atomic mass is 9.66. The highest BCUT2D eigenvalue weighted by Crippen LogP contribution is 2.44. The molecule has 1 aliphatic heterocycles. The first-order chi connectivity index (χ1) is 16.4. The molecule has 3 atom stereocenters. The molecule has 2 fully saturated rings. The molecule has 1 saturated heterocycles. The number of piperidine rings is 1. The van der Waals surface area contributed by atoms with Crippen molar-refractivity contribution in [3.63, 3.8) is 0 Å². The predicted molar refractivity (Wildman–Crippen MR) is 131 cm³/mol. The van der Waals surface area contributed by atoms with Gasteiger partial charge in [0, 0.05) is 35.0 Å². The zero-order chi connectivity index (χ0) is 23.9. The number of likely N-dealkylation sites (tertiary alicyclic amines) is 1. The molecule has 1 aromatic carbocycles. The number of aryl methyl sites for hydroxylation is 2. The normalized spacial score (nSPS) is 26.4. The van der Waals surface area contributed by atoms with Gasteiger partial charge in [0.2, 0.25) is 0 Å². The monoisotopic (exact) mass is 467 g/mol. The van der Waals surface area contributed by atoms with Gasteiger partial charge in [0.1, 0.15) is 11.3 Å². The van der Waals surface area contributed by atoms with Gasteiger partial charge in [-0.05, 0) is 69.6 Å². The maximum absolute atomic E-state index is 13.4. The molecule has 34 heavy (non-hydrogen) atoms. The van der Waals surface area contributed by atoms with E-state index in [1.54, 1.807) is 0 Å². The van der Waals surface area contributed by atoms with Crippen molar-refractivity contribution < 1.29 is 19.1 Å². The standard InChI is InChI=1S/C28H37NO5/c1-3-4-11-23-22-10-5-6-14-28(22,32)15-16-29(23)25(30)17-33-24-13-12-20-19-8-7-9-21(19)27(31)34-26(20)18(24)2/h12-13,22-23,32H,3-11,14-17H2,1-2H3. The molecule has 3 unspecified atom stereocenters. The number of carbonyl (C=O) groups is 1. The zero-order valence-electron chi connectivity index (χ0n) is 20.5. The lowest BCUT2D eigenvalue weighted by Crippen LogP contribution is -2.61. The molecule has 1 N–H and O–H groups in total. The van der Waals surface area contributed by atoms with Crippen molar-refractivity contribution in [1.29, 1.82) is 0 Å². The van der Waals surface area contributed by atoms with Gasteiger partial charge >= 0.3 is 5.63 Å². The van der Waals surface area contributed by atoms with Crippen LogP contribution in [-0.2, 0) is 17.6 Å². The van der Waals surface area contributed by atoms with Crippen molar-refractivity contribution in [2.75, 3.05) is 13.2 Å². The molecule has 1 aromatic heterocycles. The number of aliphatic hydroxyl groups is 1. The summed E-state index contributed by atoms with van der Waals surface area (Å²) in [7, 11) is 0. The summed E-state index contributed by atoms with van der Waals surface area (Å²) in [6.45, 7) is 4.59. The Kier molecular flexibility index (Phi) is 6.45. The third kappa shape index (κ3) is 4.04. The number of unbranched alkanes of at least 4 members (excludes halogenated alkanes) is 1. The molecule has 2 heterocycles. The molecule has 1 saturated carbocycles. The molecule has 6 heteroatoms. The second-order valence-corrected chi connectivity index (χ2v) is 10.6. The summed E-state index contributed by atoms with van der Waals surface area (Å²) in [5.41, 5.74) is 2.37. The summed E-state index contributed by atoms with van der Waals surface area (Å²) < 4.78 is 11.7. The summed E-state index contributed by atoms with van der Waals surface area (Å²) in [5.74, 6) is 0.714. The Hall–Kier alpha value is -2.34. The Balaban J connectivity index is 1.34. The van der Waals surface area contributed by atoms with Crippen LogP contribution in [-0.4, -0.2) is 40.7 Å². The van der Waals surface area contributed by atoms with Crippen molar-refractivity contribution in [2.24, 2.45) is 5.92 Å². The van der Waals surface area contributed by atoms with E-state index in [4.69, 9.17) is 9.15 Å². The number of nitrogens with zero attached hydrogens (tertiary/aromatic N) is 1. The SMILES string of the molecule is CCCCC1C2CCCCC2(O)CCN1C(=O)COc1ccc2c3c(c(=O)oc2c1C)CCC3. The van der Waals surface area contributed by atoms with Crippen molar-refractivity contribution in [3.05, 3.63) is 39.2 Å². The fourth-order valence-corrected chi connectivity index (χ4v) is 6.73. The van der Waals surface area contributed by atoms with Gasteiger partial charge in [0.15, 0.2) is 6.61 Å². The lowest BCUT2D eigenvalue weighted by Gasteiger charge is -2.52. The van der Waals surface area contributed by atoms with Crippen molar-refractivity contribution >= 4 is 16.9 Å². The van der Waals surface area contributed by atoms with Gasteiger partial charge in [0.05, 0.1) is 5.60 Å². The molecule has 0 bridgehead atoms. The van der Waals surface area contributed by atoms with E-state index >= 15 is 0 Å². The lowest BCUT2D eigenvalue weighted by molar-refractivity contribution is -0.157. The molecule has 3 aliphatic rings. The van der Waals surface area contributed by atoms with E-state index in [2.05, 4.69) is 6.92 Å². The number of benzene rings is 1. The molecule has 184 valence electrons. The van der Waals surface area contributed by atoms with E-state index in [9.17, 15) is 14.7 Å². The molecule has 5 rings (SSSR count). The first kappa shape index (κ1) is 23.4. The smallest absolute Gasteiger partial charge is 0.339 e. The van der Waals surface area contributed by atoms with Gasteiger partial charge in [-0.15, -0.1) is 0 Å². The Labute approximate surface area is 201 Å². The highest BCUT2D eigenvalue weighted by Gasteiger charge is 2.49. The average Bonchev–Trinajstić information content (AvgIpc) is 3.33. The second kappa shape index (κ2) is 9.37. The van der Waals surface area contributed by atoms with Gasteiger partial charge in [-0.3, -0.25) is 4.79 Å². The molecule has 2 aromatic rings. The van der Waals surface area contributed by atoms with E-state index in [0.29, 0.717) is 24.3 Å². The van der Waals surface area contributed by atoms with Gasteiger partial charge in [-0.25, -0.2) is 4.79 Å². The maximum atomic E-state index is 13.4. The third-order valence-electron chi connectivity index (χ3n) is 8.58. The summed E-state index contributed by atoms with van der Waals surface area (Å²) >= 11 is 0. The summed E-state index contributed by atoms with van der Waals surface area (Å²) in [5, 5.41) is 12.3. The molecule has 0 spiro atoms. The minimum atomic E-state index is -0.624. The molecular formula is C28H37NO5. The highest BCUT2D eigenvalue weighted by atomic mass is 16.5. The number of fused-ring (bicyclic) bond motifs is 4. The molecular weight excluding hydrogens is 430 g/mol. The Morgan fingerprint density at radius 3 is 2.85 bits per heavy atom. The van der Waals surface area contributed by atoms with Gasteiger partial charge in [-0.1, -0.05) is 32.6 Å². The zero-order valence-corrected chi connectivity index (χ0v) is 20.5. The van der Waals surface area contributed by atoms with Crippen LogP contribution < -0.4 is 10.4 Å². The highest BCUT2D eigenvalue weighted by molar-refractivity contribution is 5.86. The van der Waals surface area contributed by atoms with E-state index < -0.39 is 5.60 Å². The van der Waals surface area contributed by atoms with Crippen LogP contribution in [0.5, 0.6) is 5.75 Å². The van der Waals surface area contributed by atoms with Crippen LogP contribution in [0.3, 0.4) is 0 Å². The molecule has 1 amide bonds. The van der Waals surface area contributed by atoms with Gasteiger partial charge in [-0.2, -0.15) is 0 Å². The van der Waals surface area contributed by atoms with E-state index in [0.717, 1.165) is 86.3 Å². The Bertz CT molecular complexity index is 1140. The second-order valence-electron chi connectivity index (χ2n) is 10.6. The Morgan fingerprint density at radius 1 is 1.21 bits per heavy atom. The first-order valence-electron chi connectivity index (χ1n) is 13.2. The number of hydrogen-bond donors (Lipinski definition) is 1.